The Bertz CT molecular complexity index is 1210. The van der Waals surface area contributed by atoms with E-state index in [2.05, 4.69) is 11.1 Å². The van der Waals surface area contributed by atoms with E-state index >= 15 is 0 Å². The van der Waals surface area contributed by atoms with Gasteiger partial charge in [-0.2, -0.15) is 0 Å². The van der Waals surface area contributed by atoms with Crippen molar-refractivity contribution in [2.75, 3.05) is 33.4 Å². The number of methoxy groups -OCH3 is 1. The van der Waals surface area contributed by atoms with Crippen LogP contribution >= 0.6 is 0 Å². The van der Waals surface area contributed by atoms with Gasteiger partial charge in [0.2, 0.25) is 11.8 Å². The average Bonchev–Trinajstić information content (AvgIpc) is 3.21. The van der Waals surface area contributed by atoms with Crippen molar-refractivity contribution in [3.63, 3.8) is 0 Å². The third-order valence-corrected chi connectivity index (χ3v) is 6.10. The Hall–Kier alpha value is -3.71. The zero-order chi connectivity index (χ0) is 22.2. The molecule has 2 N–H and O–H groups in total. The van der Waals surface area contributed by atoms with Crippen LogP contribution in [-0.2, 0) is 11.2 Å². The molecule has 1 fully saturated rings. The minimum Gasteiger partial charge on any atom is -0.481 e. The van der Waals surface area contributed by atoms with Gasteiger partial charge in [0, 0.05) is 42.0 Å². The number of nitrogens with zero attached hydrogens (tertiary/aromatic N) is 2. The number of rotatable bonds is 4. The number of ether oxygens (including phenoxy) is 2. The van der Waals surface area contributed by atoms with E-state index in [1.54, 1.807) is 19.4 Å². The van der Waals surface area contributed by atoms with Gasteiger partial charge in [-0.3, -0.25) is 9.59 Å². The summed E-state index contributed by atoms with van der Waals surface area (Å²) in [6, 6.07) is 13.3. The highest BCUT2D eigenvalue weighted by molar-refractivity contribution is 6.01. The van der Waals surface area contributed by atoms with Crippen molar-refractivity contribution in [2.24, 2.45) is 5.73 Å². The molecule has 0 unspecified atom stereocenters. The van der Waals surface area contributed by atoms with Crippen molar-refractivity contribution >= 4 is 11.8 Å². The standard InChI is InChI=1S/C25H23N3O4/c1-31-23-5-3-16(14-27-23)17-11-20-19-4-2-15(25(30)28-6-8-32-9-7-28)10-18(19)13-21(20)22(12-17)24(26)29/h2-5,10-12,14H,6-9,13H2,1H3,(H2,26,29). The predicted molar refractivity (Wildman–Crippen MR) is 120 cm³/mol. The third-order valence-electron chi connectivity index (χ3n) is 6.10. The fourth-order valence-corrected chi connectivity index (χ4v) is 4.44. The quantitative estimate of drug-likeness (QED) is 0.538. The first-order valence-corrected chi connectivity index (χ1v) is 10.5. The number of primary amides is 1. The van der Waals surface area contributed by atoms with Gasteiger partial charge in [-0.05, 0) is 64.6 Å². The first kappa shape index (κ1) is 20.2. The molecule has 0 radical (unpaired) electrons. The van der Waals surface area contributed by atoms with Crippen molar-refractivity contribution < 1.29 is 19.1 Å². The molecule has 3 aromatic rings. The Balaban J connectivity index is 1.54. The molecule has 2 heterocycles. The summed E-state index contributed by atoms with van der Waals surface area (Å²) in [5.74, 6) is 0.0574. The molecular formula is C25H23N3O4. The molecule has 1 saturated heterocycles. The van der Waals surface area contributed by atoms with Crippen molar-refractivity contribution in [1.82, 2.24) is 9.88 Å². The summed E-state index contributed by atoms with van der Waals surface area (Å²) in [5.41, 5.74) is 12.5. The zero-order valence-corrected chi connectivity index (χ0v) is 17.8. The van der Waals surface area contributed by atoms with Crippen LogP contribution in [0.15, 0.2) is 48.7 Å². The first-order valence-electron chi connectivity index (χ1n) is 10.5. The van der Waals surface area contributed by atoms with E-state index in [1.165, 1.54) is 0 Å². The number of morpholine rings is 1. The molecule has 1 aliphatic heterocycles. The minimum absolute atomic E-state index is 0.00665. The van der Waals surface area contributed by atoms with E-state index in [-0.39, 0.29) is 5.91 Å². The van der Waals surface area contributed by atoms with Crippen LogP contribution < -0.4 is 10.5 Å². The molecule has 162 valence electrons. The Kier molecular flexibility index (Phi) is 5.11. The molecule has 0 atom stereocenters. The number of carbonyl (C=O) groups excluding carboxylic acids is 2. The number of benzene rings is 2. The molecule has 2 aliphatic rings. The molecule has 0 bridgehead atoms. The number of fused-ring (bicyclic) bond motifs is 3. The Labute approximate surface area is 185 Å². The van der Waals surface area contributed by atoms with Crippen LogP contribution in [0.4, 0.5) is 0 Å². The maximum atomic E-state index is 12.9. The third kappa shape index (κ3) is 3.50. The normalized spacial score (nSPS) is 14.6. The highest BCUT2D eigenvalue weighted by Gasteiger charge is 2.26. The van der Waals surface area contributed by atoms with Crippen LogP contribution in [0.25, 0.3) is 22.3 Å². The lowest BCUT2D eigenvalue weighted by atomic mass is 9.94. The molecule has 5 rings (SSSR count). The molecule has 2 aromatic carbocycles. The summed E-state index contributed by atoms with van der Waals surface area (Å²) in [6.07, 6.45) is 2.28. The van der Waals surface area contributed by atoms with Crippen molar-refractivity contribution in [2.45, 2.75) is 6.42 Å². The van der Waals surface area contributed by atoms with E-state index in [9.17, 15) is 9.59 Å². The Morgan fingerprint density at radius 1 is 1.03 bits per heavy atom. The van der Waals surface area contributed by atoms with Crippen molar-refractivity contribution in [3.8, 4) is 28.1 Å². The summed E-state index contributed by atoms with van der Waals surface area (Å²) in [5, 5.41) is 0. The van der Waals surface area contributed by atoms with Gasteiger partial charge in [0.1, 0.15) is 0 Å². The maximum Gasteiger partial charge on any atom is 0.254 e. The Morgan fingerprint density at radius 2 is 1.84 bits per heavy atom. The second-order valence-electron chi connectivity index (χ2n) is 7.96. The molecule has 32 heavy (non-hydrogen) atoms. The molecular weight excluding hydrogens is 406 g/mol. The molecule has 7 nitrogen and oxygen atoms in total. The fraction of sp³-hybridized carbons (Fsp3) is 0.240. The number of nitrogens with two attached hydrogens (primary N) is 1. The van der Waals surface area contributed by atoms with Crippen LogP contribution in [0.5, 0.6) is 5.88 Å². The lowest BCUT2D eigenvalue weighted by Gasteiger charge is -2.27. The second kappa shape index (κ2) is 8.09. The topological polar surface area (TPSA) is 94.8 Å². The van der Waals surface area contributed by atoms with Crippen LogP contribution in [0.2, 0.25) is 0 Å². The zero-order valence-electron chi connectivity index (χ0n) is 17.8. The minimum atomic E-state index is -0.470. The van der Waals surface area contributed by atoms with E-state index in [1.807, 2.05) is 35.2 Å². The van der Waals surface area contributed by atoms with Crippen LogP contribution in [0.3, 0.4) is 0 Å². The molecule has 2 amide bonds. The first-order chi connectivity index (χ1) is 15.5. The number of amides is 2. The average molecular weight is 429 g/mol. The number of hydrogen-bond donors (Lipinski definition) is 1. The van der Waals surface area contributed by atoms with Crippen molar-refractivity contribution in [1.29, 1.82) is 0 Å². The van der Waals surface area contributed by atoms with Gasteiger partial charge in [-0.15, -0.1) is 0 Å². The van der Waals surface area contributed by atoms with Gasteiger partial charge < -0.3 is 20.1 Å². The van der Waals surface area contributed by atoms with Crippen LogP contribution in [-0.4, -0.2) is 55.1 Å². The van der Waals surface area contributed by atoms with Gasteiger partial charge in [0.05, 0.1) is 20.3 Å². The van der Waals surface area contributed by atoms with Gasteiger partial charge >= 0.3 is 0 Å². The smallest absolute Gasteiger partial charge is 0.254 e. The number of carbonyl (C=O) groups is 2. The lowest BCUT2D eigenvalue weighted by Crippen LogP contribution is -2.40. The number of aromatic nitrogens is 1. The van der Waals surface area contributed by atoms with Gasteiger partial charge in [-0.1, -0.05) is 6.07 Å². The second-order valence-corrected chi connectivity index (χ2v) is 7.96. The SMILES string of the molecule is COc1ccc(-c2cc(C(N)=O)c3c(c2)-c2ccc(C(=O)N4CCOCC4)cc2C3)cn1. The highest BCUT2D eigenvalue weighted by Crippen LogP contribution is 2.41. The van der Waals surface area contributed by atoms with Crippen molar-refractivity contribution in [3.05, 3.63) is 70.9 Å². The van der Waals surface area contributed by atoms with Gasteiger partial charge in [0.15, 0.2) is 0 Å². The largest absolute Gasteiger partial charge is 0.481 e. The molecule has 7 heteroatoms. The summed E-state index contributed by atoms with van der Waals surface area (Å²) in [6.45, 7) is 2.32. The summed E-state index contributed by atoms with van der Waals surface area (Å²) in [4.78, 5) is 31.3. The van der Waals surface area contributed by atoms with Gasteiger partial charge in [0.25, 0.3) is 5.91 Å². The number of pyridine rings is 1. The summed E-state index contributed by atoms with van der Waals surface area (Å²) in [7, 11) is 1.57. The maximum absolute atomic E-state index is 12.9. The van der Waals surface area contributed by atoms with E-state index in [0.717, 1.165) is 33.4 Å². The van der Waals surface area contributed by atoms with Crippen LogP contribution in [0.1, 0.15) is 31.8 Å². The fourth-order valence-electron chi connectivity index (χ4n) is 4.44. The summed E-state index contributed by atoms with van der Waals surface area (Å²) < 4.78 is 10.5. The monoisotopic (exact) mass is 429 g/mol. The molecule has 1 aliphatic carbocycles. The Morgan fingerprint density at radius 3 is 2.53 bits per heavy atom. The van der Waals surface area contributed by atoms with E-state index in [0.29, 0.717) is 49.7 Å². The molecule has 1 aromatic heterocycles. The van der Waals surface area contributed by atoms with E-state index < -0.39 is 5.91 Å². The molecule has 0 saturated carbocycles. The van der Waals surface area contributed by atoms with E-state index in [4.69, 9.17) is 15.2 Å². The van der Waals surface area contributed by atoms with Crippen LogP contribution in [0, 0.1) is 0 Å². The number of hydrogen-bond acceptors (Lipinski definition) is 5. The lowest BCUT2D eigenvalue weighted by molar-refractivity contribution is 0.0303. The van der Waals surface area contributed by atoms with Gasteiger partial charge in [-0.25, -0.2) is 4.98 Å². The molecule has 0 spiro atoms. The predicted octanol–water partition coefficient (Wildman–Crippen LogP) is 2.90. The highest BCUT2D eigenvalue weighted by atomic mass is 16.5. The summed E-state index contributed by atoms with van der Waals surface area (Å²) >= 11 is 0.